The third-order valence-corrected chi connectivity index (χ3v) is 5.59. The molecule has 0 bridgehead atoms. The minimum atomic E-state index is -3.92. The van der Waals surface area contributed by atoms with Crippen molar-refractivity contribution in [2.24, 2.45) is 0 Å². The lowest BCUT2D eigenvalue weighted by Crippen LogP contribution is -2.41. The average Bonchev–Trinajstić information content (AvgIpc) is 2.73. The number of sulfonamides is 1. The molecule has 0 aromatic heterocycles. The van der Waals surface area contributed by atoms with Crippen LogP contribution < -0.4 is 9.62 Å². The molecule has 8 heteroatoms. The molecule has 0 atom stereocenters. The van der Waals surface area contributed by atoms with Crippen molar-refractivity contribution in [3.05, 3.63) is 102 Å². The molecular formula is C22H20F2N2O3S. The number of halogens is 2. The number of benzene rings is 3. The summed E-state index contributed by atoms with van der Waals surface area (Å²) >= 11 is 0. The third-order valence-electron chi connectivity index (χ3n) is 4.45. The molecule has 3 aromatic carbocycles. The summed E-state index contributed by atoms with van der Waals surface area (Å²) < 4.78 is 52.0. The number of anilines is 1. The number of nitrogens with zero attached hydrogens (tertiary/aromatic N) is 1. The van der Waals surface area contributed by atoms with Gasteiger partial charge < -0.3 is 5.32 Å². The predicted molar refractivity (Wildman–Crippen MR) is 111 cm³/mol. The topological polar surface area (TPSA) is 66.5 Å². The van der Waals surface area contributed by atoms with E-state index in [1.165, 1.54) is 0 Å². The highest BCUT2D eigenvalue weighted by Gasteiger charge is 2.24. The van der Waals surface area contributed by atoms with E-state index in [0.717, 1.165) is 39.9 Å². The molecule has 30 heavy (non-hydrogen) atoms. The Labute approximate surface area is 174 Å². The first-order valence-corrected chi connectivity index (χ1v) is 10.9. The molecule has 0 aliphatic carbocycles. The summed E-state index contributed by atoms with van der Waals surface area (Å²) in [6, 6.07) is 20.6. The van der Waals surface area contributed by atoms with Gasteiger partial charge in [-0.15, -0.1) is 0 Å². The molecule has 0 aliphatic heterocycles. The van der Waals surface area contributed by atoms with Gasteiger partial charge in [0.2, 0.25) is 15.9 Å². The Morgan fingerprint density at radius 1 is 0.900 bits per heavy atom. The second kappa shape index (κ2) is 9.04. The van der Waals surface area contributed by atoms with E-state index in [4.69, 9.17) is 0 Å². The Balaban J connectivity index is 1.88. The van der Waals surface area contributed by atoms with Crippen LogP contribution in [0.2, 0.25) is 0 Å². The minimum absolute atomic E-state index is 0.137. The van der Waals surface area contributed by atoms with Crippen LogP contribution in [0.3, 0.4) is 0 Å². The third kappa shape index (κ3) is 5.21. The number of nitrogens with one attached hydrogen (secondary N) is 1. The second-order valence-corrected chi connectivity index (χ2v) is 8.60. The maximum absolute atomic E-state index is 13.6. The van der Waals surface area contributed by atoms with E-state index in [-0.39, 0.29) is 5.69 Å². The van der Waals surface area contributed by atoms with Gasteiger partial charge in [-0.1, -0.05) is 60.7 Å². The van der Waals surface area contributed by atoms with Gasteiger partial charge in [0.05, 0.1) is 18.0 Å². The van der Waals surface area contributed by atoms with Crippen molar-refractivity contribution >= 4 is 21.6 Å². The van der Waals surface area contributed by atoms with E-state index >= 15 is 0 Å². The Bertz CT molecular complexity index is 1080. The van der Waals surface area contributed by atoms with Crippen molar-refractivity contribution in [1.29, 1.82) is 0 Å². The number of hydrogen-bond donors (Lipinski definition) is 1. The summed E-state index contributed by atoms with van der Waals surface area (Å²) in [5.74, 6) is -2.90. The fraction of sp³-hybridized carbons (Fsp3) is 0.136. The average molecular weight is 430 g/mol. The standard InChI is InChI=1S/C22H20F2N2O3S/c1-30(28,29)26(18-12-13-19(23)20(24)14-18)15-21(27)25-22(16-8-4-2-5-9-16)17-10-6-3-7-11-17/h2-14,22H,15H2,1H3,(H,25,27). The van der Waals surface area contributed by atoms with Crippen molar-refractivity contribution in [3.8, 4) is 0 Å². The summed E-state index contributed by atoms with van der Waals surface area (Å²) in [6.45, 7) is -0.583. The highest BCUT2D eigenvalue weighted by atomic mass is 32.2. The van der Waals surface area contributed by atoms with E-state index < -0.39 is 40.2 Å². The van der Waals surface area contributed by atoms with E-state index in [0.29, 0.717) is 0 Å². The van der Waals surface area contributed by atoms with Crippen molar-refractivity contribution in [3.63, 3.8) is 0 Å². The van der Waals surface area contributed by atoms with Crippen LogP contribution in [0.4, 0.5) is 14.5 Å². The van der Waals surface area contributed by atoms with E-state index in [2.05, 4.69) is 5.32 Å². The van der Waals surface area contributed by atoms with Crippen LogP contribution in [0.25, 0.3) is 0 Å². The lowest BCUT2D eigenvalue weighted by atomic mass is 9.99. The lowest BCUT2D eigenvalue weighted by molar-refractivity contribution is -0.120. The molecule has 3 aromatic rings. The Morgan fingerprint density at radius 3 is 1.90 bits per heavy atom. The molecule has 156 valence electrons. The molecule has 0 spiro atoms. The number of carbonyl (C=O) groups excluding carboxylic acids is 1. The van der Waals surface area contributed by atoms with E-state index in [9.17, 15) is 22.0 Å². The van der Waals surface area contributed by atoms with Crippen LogP contribution in [0.15, 0.2) is 78.9 Å². The lowest BCUT2D eigenvalue weighted by Gasteiger charge is -2.25. The van der Waals surface area contributed by atoms with Gasteiger partial charge in [-0.3, -0.25) is 9.10 Å². The van der Waals surface area contributed by atoms with Crippen LogP contribution >= 0.6 is 0 Å². The van der Waals surface area contributed by atoms with Gasteiger partial charge in [0.15, 0.2) is 11.6 Å². The summed E-state index contributed by atoms with van der Waals surface area (Å²) in [7, 11) is -3.92. The molecule has 0 saturated heterocycles. The van der Waals surface area contributed by atoms with Crippen molar-refractivity contribution in [2.45, 2.75) is 6.04 Å². The van der Waals surface area contributed by atoms with Gasteiger partial charge in [-0.2, -0.15) is 0 Å². The highest BCUT2D eigenvalue weighted by Crippen LogP contribution is 2.23. The first kappa shape index (κ1) is 21.4. The molecule has 1 N–H and O–H groups in total. The Kier molecular flexibility index (Phi) is 6.47. The fourth-order valence-electron chi connectivity index (χ4n) is 3.03. The zero-order chi connectivity index (χ0) is 21.7. The minimum Gasteiger partial charge on any atom is -0.344 e. The summed E-state index contributed by atoms with van der Waals surface area (Å²) in [6.07, 6.45) is 0.896. The zero-order valence-corrected chi connectivity index (χ0v) is 16.9. The highest BCUT2D eigenvalue weighted by molar-refractivity contribution is 7.92. The number of carbonyl (C=O) groups is 1. The molecular weight excluding hydrogens is 410 g/mol. The maximum Gasteiger partial charge on any atom is 0.241 e. The van der Waals surface area contributed by atoms with Crippen LogP contribution in [0.1, 0.15) is 17.2 Å². The van der Waals surface area contributed by atoms with Crippen molar-refractivity contribution in [2.75, 3.05) is 17.1 Å². The molecule has 0 fully saturated rings. The van der Waals surface area contributed by atoms with Crippen LogP contribution in [0.5, 0.6) is 0 Å². The number of amides is 1. The van der Waals surface area contributed by atoms with E-state index in [1.807, 2.05) is 60.7 Å². The monoisotopic (exact) mass is 430 g/mol. The quantitative estimate of drug-likeness (QED) is 0.623. The molecule has 5 nitrogen and oxygen atoms in total. The first-order valence-electron chi connectivity index (χ1n) is 9.08. The molecule has 0 saturated carbocycles. The Morgan fingerprint density at radius 2 is 1.43 bits per heavy atom. The normalized spacial score (nSPS) is 11.3. The smallest absolute Gasteiger partial charge is 0.241 e. The van der Waals surface area contributed by atoms with Gasteiger partial charge >= 0.3 is 0 Å². The molecule has 1 amide bonds. The summed E-state index contributed by atoms with van der Waals surface area (Å²) in [5.41, 5.74) is 1.49. The molecule has 0 unspecified atom stereocenters. The molecule has 0 radical (unpaired) electrons. The molecule has 0 aliphatic rings. The number of rotatable bonds is 7. The van der Waals surface area contributed by atoms with Crippen LogP contribution in [0, 0.1) is 11.6 Å². The van der Waals surface area contributed by atoms with E-state index in [1.54, 1.807) is 0 Å². The Hall–Kier alpha value is -3.26. The summed E-state index contributed by atoms with van der Waals surface area (Å²) in [4.78, 5) is 12.8. The van der Waals surface area contributed by atoms with Gasteiger partial charge in [-0.05, 0) is 23.3 Å². The second-order valence-electron chi connectivity index (χ2n) is 6.69. The van der Waals surface area contributed by atoms with Gasteiger partial charge in [0.25, 0.3) is 0 Å². The van der Waals surface area contributed by atoms with Crippen molar-refractivity contribution in [1.82, 2.24) is 5.32 Å². The van der Waals surface area contributed by atoms with Crippen LogP contribution in [-0.2, 0) is 14.8 Å². The SMILES string of the molecule is CS(=O)(=O)N(CC(=O)NC(c1ccccc1)c1ccccc1)c1ccc(F)c(F)c1. The molecule has 3 rings (SSSR count). The fourth-order valence-corrected chi connectivity index (χ4v) is 3.88. The van der Waals surface area contributed by atoms with Crippen molar-refractivity contribution < 1.29 is 22.0 Å². The largest absolute Gasteiger partial charge is 0.344 e. The number of hydrogen-bond acceptors (Lipinski definition) is 3. The van der Waals surface area contributed by atoms with Gasteiger partial charge in [0.1, 0.15) is 6.54 Å². The van der Waals surface area contributed by atoms with Crippen LogP contribution in [-0.4, -0.2) is 27.1 Å². The zero-order valence-electron chi connectivity index (χ0n) is 16.1. The summed E-state index contributed by atoms with van der Waals surface area (Å²) in [5, 5.41) is 2.84. The maximum atomic E-state index is 13.6. The van der Waals surface area contributed by atoms with Gasteiger partial charge in [0, 0.05) is 6.07 Å². The van der Waals surface area contributed by atoms with Gasteiger partial charge in [-0.25, -0.2) is 17.2 Å². The molecule has 0 heterocycles. The predicted octanol–water partition coefficient (Wildman–Crippen LogP) is 3.64. The first-order chi connectivity index (χ1) is 14.3.